The first-order valence-electron chi connectivity index (χ1n) is 10.3. The second-order valence-corrected chi connectivity index (χ2v) is 6.80. The van der Waals surface area contributed by atoms with Gasteiger partial charge in [0.15, 0.2) is 0 Å². The van der Waals surface area contributed by atoms with Crippen molar-refractivity contribution >= 4 is 5.97 Å². The van der Waals surface area contributed by atoms with Gasteiger partial charge in [0.2, 0.25) is 0 Å². The van der Waals surface area contributed by atoms with Crippen LogP contribution in [0.15, 0.2) is 12.7 Å². The molecule has 0 aliphatic carbocycles. The highest BCUT2D eigenvalue weighted by atomic mass is 16.4. The lowest BCUT2D eigenvalue weighted by molar-refractivity contribution is -0.131. The summed E-state index contributed by atoms with van der Waals surface area (Å²) in [7, 11) is 0. The van der Waals surface area contributed by atoms with Gasteiger partial charge in [0, 0.05) is 6.08 Å². The first-order valence-corrected chi connectivity index (χ1v) is 10.3. The summed E-state index contributed by atoms with van der Waals surface area (Å²) in [6.45, 7) is 6.04. The van der Waals surface area contributed by atoms with Crippen LogP contribution in [0, 0.1) is 0 Å². The van der Waals surface area contributed by atoms with E-state index < -0.39 is 5.97 Å². The fourth-order valence-electron chi connectivity index (χ4n) is 2.71. The molecule has 0 aliphatic heterocycles. The van der Waals surface area contributed by atoms with Crippen molar-refractivity contribution in [1.29, 1.82) is 0 Å². The van der Waals surface area contributed by atoms with Crippen molar-refractivity contribution in [3.05, 3.63) is 12.7 Å². The van der Waals surface area contributed by atoms with Gasteiger partial charge in [-0.15, -0.1) is 0 Å². The van der Waals surface area contributed by atoms with Crippen LogP contribution in [-0.4, -0.2) is 28.8 Å². The number of aliphatic hydroxyl groups is 1. The van der Waals surface area contributed by atoms with Crippen molar-refractivity contribution in [1.82, 2.24) is 0 Å². The Bertz CT molecular complexity index is 282. The molecule has 0 saturated heterocycles. The van der Waals surface area contributed by atoms with Crippen LogP contribution in [0.4, 0.5) is 0 Å². The lowest BCUT2D eigenvalue weighted by atomic mass is 10.0. The van der Waals surface area contributed by atoms with Gasteiger partial charge >= 0.3 is 5.97 Å². The van der Waals surface area contributed by atoms with Crippen LogP contribution < -0.4 is 5.73 Å². The van der Waals surface area contributed by atoms with Crippen LogP contribution in [-0.2, 0) is 4.79 Å². The van der Waals surface area contributed by atoms with Crippen LogP contribution in [0.25, 0.3) is 0 Å². The predicted molar refractivity (Wildman–Crippen MR) is 108 cm³/mol. The van der Waals surface area contributed by atoms with E-state index in [2.05, 4.69) is 13.5 Å². The van der Waals surface area contributed by atoms with E-state index in [9.17, 15) is 9.90 Å². The van der Waals surface area contributed by atoms with E-state index in [-0.39, 0.29) is 6.10 Å². The fourth-order valence-corrected chi connectivity index (χ4v) is 2.71. The molecule has 0 aromatic heterocycles. The number of carboxylic acid groups (broad SMARTS) is 1. The molecule has 0 amide bonds. The minimum absolute atomic E-state index is 0.0388. The minimum Gasteiger partial charge on any atom is -0.478 e. The number of aliphatic carboxylic acids is 1. The molecule has 0 saturated carbocycles. The zero-order chi connectivity index (χ0) is 19.2. The van der Waals surface area contributed by atoms with Gasteiger partial charge in [-0.05, 0) is 25.8 Å². The Morgan fingerprint density at radius 1 is 0.880 bits per heavy atom. The summed E-state index contributed by atoms with van der Waals surface area (Å²) < 4.78 is 0. The summed E-state index contributed by atoms with van der Waals surface area (Å²) >= 11 is 0. The van der Waals surface area contributed by atoms with Crippen LogP contribution >= 0.6 is 0 Å². The summed E-state index contributed by atoms with van der Waals surface area (Å²) in [6.07, 6.45) is 19.8. The molecular weight excluding hydrogens is 314 g/mol. The van der Waals surface area contributed by atoms with E-state index in [4.69, 9.17) is 10.8 Å². The lowest BCUT2D eigenvalue weighted by Crippen LogP contribution is -2.05. The molecule has 150 valence electrons. The predicted octanol–water partition coefficient (Wildman–Crippen LogP) is 5.43. The van der Waals surface area contributed by atoms with E-state index in [1.807, 2.05) is 0 Å². The first-order chi connectivity index (χ1) is 12.1. The second-order valence-electron chi connectivity index (χ2n) is 6.80. The molecule has 1 atom stereocenters. The Morgan fingerprint density at radius 2 is 1.24 bits per heavy atom. The Morgan fingerprint density at radius 3 is 1.60 bits per heavy atom. The molecule has 0 aliphatic rings. The average Bonchev–Trinajstić information content (AvgIpc) is 2.61. The third kappa shape index (κ3) is 28.2. The number of hydrogen-bond acceptors (Lipinski definition) is 3. The molecule has 0 aromatic rings. The minimum atomic E-state index is -0.981. The smallest absolute Gasteiger partial charge is 0.327 e. The van der Waals surface area contributed by atoms with Crippen molar-refractivity contribution in [3.8, 4) is 0 Å². The van der Waals surface area contributed by atoms with E-state index in [0.29, 0.717) is 0 Å². The number of rotatable bonds is 17. The molecule has 0 spiro atoms. The largest absolute Gasteiger partial charge is 0.478 e. The molecule has 0 radical (unpaired) electrons. The van der Waals surface area contributed by atoms with Crippen LogP contribution in [0.2, 0.25) is 0 Å². The third-order valence-corrected chi connectivity index (χ3v) is 4.31. The Hall–Kier alpha value is -0.870. The molecule has 4 N–H and O–H groups in total. The van der Waals surface area contributed by atoms with Crippen LogP contribution in [0.5, 0.6) is 0 Å². The Kier molecular flexibility index (Phi) is 24.4. The summed E-state index contributed by atoms with van der Waals surface area (Å²) in [5, 5.41) is 17.5. The summed E-state index contributed by atoms with van der Waals surface area (Å²) in [5.74, 6) is -0.981. The molecule has 0 heterocycles. The monoisotopic (exact) mass is 357 g/mol. The fraction of sp³-hybridized carbons (Fsp3) is 0.857. The molecule has 1 unspecified atom stereocenters. The quantitative estimate of drug-likeness (QED) is 0.239. The maximum Gasteiger partial charge on any atom is 0.327 e. The van der Waals surface area contributed by atoms with Crippen molar-refractivity contribution in [2.45, 2.75) is 109 Å². The molecular formula is C21H43NO3. The number of hydrogen-bond donors (Lipinski definition) is 3. The molecule has 4 nitrogen and oxygen atoms in total. The maximum absolute atomic E-state index is 9.86. The zero-order valence-electron chi connectivity index (χ0n) is 16.6. The second kappa shape index (κ2) is 23.1. The average molecular weight is 358 g/mol. The number of unbranched alkanes of at least 4 members (excludes halogenated alkanes) is 11. The standard InChI is InChI=1S/C18H39NO.C3H4O2/c1-2-3-4-12-15-18(20)16-13-10-8-6-5-7-9-11-14-17-19;1-2-3(4)5/h18,20H,2-17,19H2,1H3;2H,1H2,(H,4,5). The van der Waals surface area contributed by atoms with Crippen molar-refractivity contribution in [2.75, 3.05) is 6.54 Å². The Balaban J connectivity index is 0. The highest BCUT2D eigenvalue weighted by molar-refractivity contribution is 5.78. The number of nitrogens with two attached hydrogens (primary N) is 1. The van der Waals surface area contributed by atoms with Gasteiger partial charge in [-0.25, -0.2) is 4.79 Å². The zero-order valence-corrected chi connectivity index (χ0v) is 16.6. The molecule has 4 heteroatoms. The van der Waals surface area contributed by atoms with Crippen molar-refractivity contribution in [2.24, 2.45) is 5.73 Å². The lowest BCUT2D eigenvalue weighted by Gasteiger charge is -2.10. The van der Waals surface area contributed by atoms with Gasteiger partial charge in [-0.1, -0.05) is 90.6 Å². The topological polar surface area (TPSA) is 83.5 Å². The molecule has 0 fully saturated rings. The third-order valence-electron chi connectivity index (χ3n) is 4.31. The summed E-state index contributed by atoms with van der Waals surface area (Å²) in [5.41, 5.74) is 5.47. The van der Waals surface area contributed by atoms with E-state index >= 15 is 0 Å². The van der Waals surface area contributed by atoms with Gasteiger partial charge < -0.3 is 15.9 Å². The summed E-state index contributed by atoms with van der Waals surface area (Å²) in [4.78, 5) is 9.25. The van der Waals surface area contributed by atoms with Crippen LogP contribution in [0.1, 0.15) is 103 Å². The molecule has 25 heavy (non-hydrogen) atoms. The van der Waals surface area contributed by atoms with Crippen molar-refractivity contribution < 1.29 is 15.0 Å². The van der Waals surface area contributed by atoms with Gasteiger partial charge in [-0.3, -0.25) is 0 Å². The number of carbonyl (C=O) groups is 1. The highest BCUT2D eigenvalue weighted by Crippen LogP contribution is 2.14. The normalized spacial score (nSPS) is 11.5. The summed E-state index contributed by atoms with van der Waals surface area (Å²) in [6, 6.07) is 0. The van der Waals surface area contributed by atoms with E-state index in [0.717, 1.165) is 25.5 Å². The maximum atomic E-state index is 9.86. The van der Waals surface area contributed by atoms with E-state index in [1.54, 1.807) is 0 Å². The van der Waals surface area contributed by atoms with Crippen LogP contribution in [0.3, 0.4) is 0 Å². The van der Waals surface area contributed by atoms with Gasteiger partial charge in [0.1, 0.15) is 0 Å². The molecule has 0 bridgehead atoms. The van der Waals surface area contributed by atoms with Crippen molar-refractivity contribution in [3.63, 3.8) is 0 Å². The van der Waals surface area contributed by atoms with Gasteiger partial charge in [0.25, 0.3) is 0 Å². The first kappa shape index (κ1) is 26.4. The molecule has 0 rings (SSSR count). The number of aliphatic hydroxyl groups excluding tert-OH is 1. The van der Waals surface area contributed by atoms with Gasteiger partial charge in [0.05, 0.1) is 6.10 Å². The SMILES string of the molecule is C=CC(=O)O.CCCCCCC(O)CCCCCCCCCCCN. The number of carboxylic acids is 1. The van der Waals surface area contributed by atoms with Gasteiger partial charge in [-0.2, -0.15) is 0 Å². The molecule has 0 aromatic carbocycles. The Labute approximate surface area is 155 Å². The van der Waals surface area contributed by atoms with E-state index in [1.165, 1.54) is 83.5 Å². The highest BCUT2D eigenvalue weighted by Gasteiger charge is 2.03.